The summed E-state index contributed by atoms with van der Waals surface area (Å²) in [5, 5.41) is 12.1. The predicted molar refractivity (Wildman–Crippen MR) is 69.6 cm³/mol. The fourth-order valence-electron chi connectivity index (χ4n) is 1.30. The third kappa shape index (κ3) is 3.20. The quantitative estimate of drug-likeness (QED) is 0.797. The van der Waals surface area contributed by atoms with Crippen LogP contribution in [0.15, 0.2) is 6.20 Å². The van der Waals surface area contributed by atoms with Crippen molar-refractivity contribution in [2.75, 3.05) is 5.32 Å². The lowest BCUT2D eigenvalue weighted by molar-refractivity contribution is 0.0691. The lowest BCUT2D eigenvalue weighted by Crippen LogP contribution is -2.30. The molecule has 0 fully saturated rings. The largest absolute Gasteiger partial charge is 0.476 e. The zero-order chi connectivity index (χ0) is 13.9. The summed E-state index contributed by atoms with van der Waals surface area (Å²) in [4.78, 5) is 19.4. The smallest absolute Gasteiger partial charge is 0.356 e. The van der Waals surface area contributed by atoms with Crippen LogP contribution in [0.25, 0.3) is 0 Å². The zero-order valence-corrected chi connectivity index (χ0v) is 11.0. The standard InChI is InChI=1S/C13H17N3O2/c1-6-13(4,5)16-9-7-14-11(8(2)3)15-10(9)12(17)18/h1,7-8,16H,2-5H3,(H,17,18). The molecule has 0 atom stereocenters. The third-order valence-corrected chi connectivity index (χ3v) is 2.33. The van der Waals surface area contributed by atoms with E-state index in [1.54, 1.807) is 13.8 Å². The second kappa shape index (κ2) is 5.05. The van der Waals surface area contributed by atoms with Gasteiger partial charge in [-0.1, -0.05) is 19.8 Å². The molecule has 0 aliphatic carbocycles. The number of aromatic nitrogens is 2. The molecule has 18 heavy (non-hydrogen) atoms. The van der Waals surface area contributed by atoms with Gasteiger partial charge in [0.05, 0.1) is 17.4 Å². The fourth-order valence-corrected chi connectivity index (χ4v) is 1.30. The Kier molecular flexibility index (Phi) is 3.92. The van der Waals surface area contributed by atoms with Crippen LogP contribution in [0.2, 0.25) is 0 Å². The molecular weight excluding hydrogens is 230 g/mol. The number of anilines is 1. The van der Waals surface area contributed by atoms with E-state index in [1.165, 1.54) is 6.20 Å². The highest BCUT2D eigenvalue weighted by atomic mass is 16.4. The van der Waals surface area contributed by atoms with Gasteiger partial charge < -0.3 is 10.4 Å². The number of nitrogens with one attached hydrogen (secondary N) is 1. The first-order valence-corrected chi connectivity index (χ1v) is 5.63. The molecule has 96 valence electrons. The molecule has 0 aromatic carbocycles. The predicted octanol–water partition coefficient (Wildman–Crippen LogP) is 2.12. The molecular formula is C13H17N3O2. The van der Waals surface area contributed by atoms with E-state index < -0.39 is 11.5 Å². The molecule has 1 heterocycles. The normalized spacial score (nSPS) is 11.1. The van der Waals surface area contributed by atoms with Crippen LogP contribution < -0.4 is 5.32 Å². The first-order valence-electron chi connectivity index (χ1n) is 5.63. The van der Waals surface area contributed by atoms with Crippen LogP contribution in [0.4, 0.5) is 5.69 Å². The van der Waals surface area contributed by atoms with E-state index in [2.05, 4.69) is 21.2 Å². The molecule has 1 rings (SSSR count). The average Bonchev–Trinajstić information content (AvgIpc) is 2.28. The minimum absolute atomic E-state index is 0.0583. The average molecular weight is 247 g/mol. The Morgan fingerprint density at radius 2 is 2.17 bits per heavy atom. The Morgan fingerprint density at radius 3 is 2.61 bits per heavy atom. The third-order valence-electron chi connectivity index (χ3n) is 2.33. The van der Waals surface area contributed by atoms with E-state index in [1.807, 2.05) is 13.8 Å². The number of terminal acetylenes is 1. The van der Waals surface area contributed by atoms with E-state index in [-0.39, 0.29) is 11.6 Å². The number of nitrogens with zero attached hydrogens (tertiary/aromatic N) is 2. The van der Waals surface area contributed by atoms with Gasteiger partial charge in [-0.05, 0) is 13.8 Å². The summed E-state index contributed by atoms with van der Waals surface area (Å²) < 4.78 is 0. The Labute approximate surface area is 107 Å². The molecule has 0 radical (unpaired) electrons. The first kappa shape index (κ1) is 14.0. The number of hydrogen-bond donors (Lipinski definition) is 2. The van der Waals surface area contributed by atoms with Crippen LogP contribution in [-0.2, 0) is 0 Å². The van der Waals surface area contributed by atoms with Gasteiger partial charge in [0.15, 0.2) is 5.69 Å². The van der Waals surface area contributed by atoms with Gasteiger partial charge >= 0.3 is 5.97 Å². The van der Waals surface area contributed by atoms with E-state index in [0.29, 0.717) is 11.5 Å². The molecule has 1 aromatic heterocycles. The zero-order valence-electron chi connectivity index (χ0n) is 11.0. The summed E-state index contributed by atoms with van der Waals surface area (Å²) in [5.74, 6) is 2.00. The summed E-state index contributed by atoms with van der Waals surface area (Å²) >= 11 is 0. The molecule has 0 saturated heterocycles. The molecule has 0 bridgehead atoms. The van der Waals surface area contributed by atoms with Crippen molar-refractivity contribution in [2.24, 2.45) is 0 Å². The number of carboxylic acid groups (broad SMARTS) is 1. The Hall–Kier alpha value is -2.09. The van der Waals surface area contributed by atoms with Gasteiger partial charge in [-0.2, -0.15) is 0 Å². The van der Waals surface area contributed by atoms with Crippen molar-refractivity contribution < 1.29 is 9.90 Å². The molecule has 2 N–H and O–H groups in total. The molecule has 0 aliphatic rings. The van der Waals surface area contributed by atoms with Crippen LogP contribution >= 0.6 is 0 Å². The molecule has 0 saturated carbocycles. The van der Waals surface area contributed by atoms with E-state index >= 15 is 0 Å². The van der Waals surface area contributed by atoms with Crippen molar-refractivity contribution >= 4 is 11.7 Å². The lowest BCUT2D eigenvalue weighted by Gasteiger charge is -2.22. The number of carbonyl (C=O) groups is 1. The van der Waals surface area contributed by atoms with Crippen LogP contribution in [-0.4, -0.2) is 26.6 Å². The molecule has 0 unspecified atom stereocenters. The van der Waals surface area contributed by atoms with Crippen molar-refractivity contribution in [3.05, 3.63) is 17.7 Å². The molecule has 0 amide bonds. The monoisotopic (exact) mass is 247 g/mol. The number of rotatable bonds is 4. The summed E-state index contributed by atoms with van der Waals surface area (Å²) in [6, 6.07) is 0. The van der Waals surface area contributed by atoms with E-state index in [0.717, 1.165) is 0 Å². The molecule has 5 heteroatoms. The van der Waals surface area contributed by atoms with Crippen molar-refractivity contribution in [3.8, 4) is 12.3 Å². The molecule has 1 aromatic rings. The number of hydrogen-bond acceptors (Lipinski definition) is 4. The van der Waals surface area contributed by atoms with Crippen LogP contribution in [0.5, 0.6) is 0 Å². The Bertz CT molecular complexity index is 501. The van der Waals surface area contributed by atoms with Gasteiger partial charge in [0.1, 0.15) is 5.82 Å². The van der Waals surface area contributed by atoms with E-state index in [4.69, 9.17) is 11.5 Å². The van der Waals surface area contributed by atoms with Crippen molar-refractivity contribution in [1.82, 2.24) is 9.97 Å². The Morgan fingerprint density at radius 1 is 1.56 bits per heavy atom. The SMILES string of the molecule is C#CC(C)(C)Nc1cnc(C(C)C)nc1C(=O)O. The molecule has 0 spiro atoms. The van der Waals surface area contributed by atoms with E-state index in [9.17, 15) is 4.79 Å². The first-order chi connectivity index (χ1) is 8.26. The molecule has 5 nitrogen and oxygen atoms in total. The highest BCUT2D eigenvalue weighted by Crippen LogP contribution is 2.19. The van der Waals surface area contributed by atoms with Crippen molar-refractivity contribution in [3.63, 3.8) is 0 Å². The summed E-state index contributed by atoms with van der Waals surface area (Å²) in [6.45, 7) is 7.35. The van der Waals surface area contributed by atoms with Crippen LogP contribution in [0.1, 0.15) is 49.9 Å². The summed E-state index contributed by atoms with van der Waals surface area (Å²) in [5.41, 5.74) is -0.390. The van der Waals surface area contributed by atoms with Gasteiger partial charge in [0.25, 0.3) is 0 Å². The van der Waals surface area contributed by atoms with Crippen molar-refractivity contribution in [2.45, 2.75) is 39.2 Å². The highest BCUT2D eigenvalue weighted by molar-refractivity contribution is 5.91. The second-order valence-corrected chi connectivity index (χ2v) is 4.84. The Balaban J connectivity index is 3.21. The second-order valence-electron chi connectivity index (χ2n) is 4.84. The maximum absolute atomic E-state index is 11.2. The number of carboxylic acids is 1. The van der Waals surface area contributed by atoms with Gasteiger partial charge in [0, 0.05) is 5.92 Å². The summed E-state index contributed by atoms with van der Waals surface area (Å²) in [7, 11) is 0. The number of aromatic carboxylic acids is 1. The van der Waals surface area contributed by atoms with Gasteiger partial charge in [-0.25, -0.2) is 14.8 Å². The minimum atomic E-state index is -1.10. The van der Waals surface area contributed by atoms with Gasteiger partial charge in [-0.15, -0.1) is 6.42 Å². The summed E-state index contributed by atoms with van der Waals surface area (Å²) in [6.07, 6.45) is 6.82. The van der Waals surface area contributed by atoms with Crippen molar-refractivity contribution in [1.29, 1.82) is 0 Å². The fraction of sp³-hybridized carbons (Fsp3) is 0.462. The lowest BCUT2D eigenvalue weighted by atomic mass is 10.1. The highest BCUT2D eigenvalue weighted by Gasteiger charge is 2.20. The maximum atomic E-state index is 11.2. The maximum Gasteiger partial charge on any atom is 0.356 e. The topological polar surface area (TPSA) is 75.1 Å². The molecule has 0 aliphatic heterocycles. The van der Waals surface area contributed by atoms with Gasteiger partial charge in [-0.3, -0.25) is 0 Å². The van der Waals surface area contributed by atoms with Gasteiger partial charge in [0.2, 0.25) is 0 Å². The van der Waals surface area contributed by atoms with Crippen LogP contribution in [0.3, 0.4) is 0 Å². The minimum Gasteiger partial charge on any atom is -0.476 e. The van der Waals surface area contributed by atoms with Crippen LogP contribution in [0, 0.1) is 12.3 Å².